The highest BCUT2D eigenvalue weighted by molar-refractivity contribution is 5.97. The van der Waals surface area contributed by atoms with Crippen molar-refractivity contribution in [2.75, 3.05) is 31.6 Å². The minimum atomic E-state index is -0.125. The summed E-state index contributed by atoms with van der Waals surface area (Å²) < 4.78 is 7.44. The van der Waals surface area contributed by atoms with Gasteiger partial charge in [-0.2, -0.15) is 10.4 Å². The molecule has 1 aromatic carbocycles. The second-order valence-corrected chi connectivity index (χ2v) is 11.9. The molecule has 2 saturated heterocycles. The number of aromatic nitrogens is 3. The van der Waals surface area contributed by atoms with E-state index in [0.29, 0.717) is 30.3 Å². The quantitative estimate of drug-likeness (QED) is 0.469. The topological polar surface area (TPSA) is 86.8 Å². The zero-order valence-corrected chi connectivity index (χ0v) is 23.4. The fourth-order valence-corrected chi connectivity index (χ4v) is 5.79. The van der Waals surface area contributed by atoms with E-state index in [2.05, 4.69) is 38.7 Å². The Hall–Kier alpha value is -3.60. The van der Waals surface area contributed by atoms with E-state index in [1.54, 1.807) is 7.11 Å². The summed E-state index contributed by atoms with van der Waals surface area (Å²) in [6.07, 6.45) is 4.87. The minimum Gasteiger partial charge on any atom is -0.496 e. The third kappa shape index (κ3) is 4.70. The Balaban J connectivity index is 1.48. The van der Waals surface area contributed by atoms with Gasteiger partial charge in [-0.15, -0.1) is 0 Å². The lowest BCUT2D eigenvalue weighted by atomic mass is 9.85. The molecule has 3 atom stereocenters. The number of likely N-dealkylation sites (tertiary alicyclic amines) is 1. The van der Waals surface area contributed by atoms with Crippen LogP contribution in [0.1, 0.15) is 80.2 Å². The number of nitrogens with zero attached hydrogens (tertiary/aromatic N) is 6. The second kappa shape index (κ2) is 9.94. The minimum absolute atomic E-state index is 0.0171. The van der Waals surface area contributed by atoms with E-state index in [1.165, 1.54) is 0 Å². The highest BCUT2D eigenvalue weighted by Gasteiger charge is 2.34. The van der Waals surface area contributed by atoms with Crippen molar-refractivity contribution in [2.24, 2.45) is 11.8 Å². The van der Waals surface area contributed by atoms with Gasteiger partial charge >= 0.3 is 0 Å². The molecule has 0 bridgehead atoms. The van der Waals surface area contributed by atoms with E-state index >= 15 is 0 Å². The lowest BCUT2D eigenvalue weighted by Crippen LogP contribution is -2.39. The Morgan fingerprint density at radius 1 is 1.18 bits per heavy atom. The summed E-state index contributed by atoms with van der Waals surface area (Å²) >= 11 is 0. The Labute approximate surface area is 225 Å². The van der Waals surface area contributed by atoms with E-state index < -0.39 is 0 Å². The number of nitriles is 1. The van der Waals surface area contributed by atoms with Crippen LogP contribution in [0.3, 0.4) is 0 Å². The number of aryl methyl sites for hydroxylation is 1. The molecular formula is C30H38N6O2. The molecule has 2 aromatic heterocycles. The molecule has 38 heavy (non-hydrogen) atoms. The van der Waals surface area contributed by atoms with E-state index in [1.807, 2.05) is 46.8 Å². The second-order valence-electron chi connectivity index (χ2n) is 11.9. The summed E-state index contributed by atoms with van der Waals surface area (Å²) in [5.41, 5.74) is 4.27. The van der Waals surface area contributed by atoms with Crippen LogP contribution in [0.4, 0.5) is 5.82 Å². The van der Waals surface area contributed by atoms with Crippen molar-refractivity contribution < 1.29 is 9.53 Å². The van der Waals surface area contributed by atoms with Crippen LogP contribution in [-0.4, -0.2) is 52.1 Å². The molecular weight excluding hydrogens is 476 g/mol. The van der Waals surface area contributed by atoms with Crippen molar-refractivity contribution >= 4 is 17.4 Å². The van der Waals surface area contributed by atoms with Gasteiger partial charge in [0.2, 0.25) is 0 Å². The van der Waals surface area contributed by atoms with E-state index in [-0.39, 0.29) is 23.3 Å². The molecule has 0 radical (unpaired) electrons. The van der Waals surface area contributed by atoms with Crippen LogP contribution in [0.2, 0.25) is 0 Å². The first-order valence-corrected chi connectivity index (χ1v) is 13.6. The number of ether oxygens (including phenoxy) is 1. The summed E-state index contributed by atoms with van der Waals surface area (Å²) in [5.74, 6) is 1.82. The van der Waals surface area contributed by atoms with Crippen molar-refractivity contribution in [1.29, 1.82) is 5.26 Å². The SMILES string of the molecule is COc1ccc(C(C)(C)C)cc1C(=O)N1CCCC[C@H]1c1cc2nc(N3C[C@@H](C#N)[C@@H](C)C3)c(C)cn2n1. The first-order valence-electron chi connectivity index (χ1n) is 13.6. The molecule has 5 rings (SSSR count). The van der Waals surface area contributed by atoms with Gasteiger partial charge < -0.3 is 14.5 Å². The largest absolute Gasteiger partial charge is 0.496 e. The average molecular weight is 515 g/mol. The summed E-state index contributed by atoms with van der Waals surface area (Å²) in [6.45, 7) is 12.8. The van der Waals surface area contributed by atoms with Gasteiger partial charge in [-0.05, 0) is 55.2 Å². The average Bonchev–Trinajstić information content (AvgIpc) is 3.49. The van der Waals surface area contributed by atoms with Crippen molar-refractivity contribution in [2.45, 2.75) is 65.3 Å². The van der Waals surface area contributed by atoms with Gasteiger partial charge in [0.25, 0.3) is 5.91 Å². The number of methoxy groups -OCH3 is 1. The molecule has 0 N–H and O–H groups in total. The molecule has 2 aliphatic heterocycles. The van der Waals surface area contributed by atoms with Crippen LogP contribution in [0.15, 0.2) is 30.5 Å². The molecule has 2 aliphatic rings. The summed E-state index contributed by atoms with van der Waals surface area (Å²) in [7, 11) is 1.62. The van der Waals surface area contributed by atoms with Crippen LogP contribution in [0.5, 0.6) is 5.75 Å². The first-order chi connectivity index (χ1) is 18.1. The number of carbonyl (C=O) groups excluding carboxylic acids is 1. The fraction of sp³-hybridized carbons (Fsp3) is 0.533. The third-order valence-corrected chi connectivity index (χ3v) is 8.10. The number of carbonyl (C=O) groups is 1. The predicted octanol–water partition coefficient (Wildman–Crippen LogP) is 5.31. The molecule has 8 nitrogen and oxygen atoms in total. The van der Waals surface area contributed by atoms with Crippen LogP contribution < -0.4 is 9.64 Å². The molecule has 4 heterocycles. The maximum atomic E-state index is 14.0. The Morgan fingerprint density at radius 2 is 1.97 bits per heavy atom. The van der Waals surface area contributed by atoms with Gasteiger partial charge in [0.1, 0.15) is 11.6 Å². The molecule has 3 aromatic rings. The van der Waals surface area contributed by atoms with Gasteiger partial charge in [0, 0.05) is 37.5 Å². The zero-order chi connectivity index (χ0) is 27.2. The first kappa shape index (κ1) is 26.0. The Morgan fingerprint density at radius 3 is 2.66 bits per heavy atom. The van der Waals surface area contributed by atoms with Crippen LogP contribution in [0.25, 0.3) is 5.65 Å². The highest BCUT2D eigenvalue weighted by atomic mass is 16.5. The molecule has 2 fully saturated rings. The zero-order valence-electron chi connectivity index (χ0n) is 23.4. The van der Waals surface area contributed by atoms with Crippen molar-refractivity contribution in [1.82, 2.24) is 19.5 Å². The van der Waals surface area contributed by atoms with Crippen LogP contribution >= 0.6 is 0 Å². The van der Waals surface area contributed by atoms with Crippen LogP contribution in [0, 0.1) is 30.1 Å². The van der Waals surface area contributed by atoms with E-state index in [4.69, 9.17) is 14.8 Å². The molecule has 8 heteroatoms. The number of fused-ring (bicyclic) bond motifs is 1. The number of hydrogen-bond donors (Lipinski definition) is 0. The van der Waals surface area contributed by atoms with E-state index in [9.17, 15) is 10.1 Å². The van der Waals surface area contributed by atoms with Gasteiger partial charge in [-0.1, -0.05) is 33.8 Å². The lowest BCUT2D eigenvalue weighted by molar-refractivity contribution is 0.0602. The molecule has 1 amide bonds. The maximum absolute atomic E-state index is 14.0. The number of piperidine rings is 1. The lowest BCUT2D eigenvalue weighted by Gasteiger charge is -2.35. The van der Waals surface area contributed by atoms with Crippen molar-refractivity contribution in [3.8, 4) is 11.8 Å². The monoisotopic (exact) mass is 514 g/mol. The molecule has 200 valence electrons. The molecule has 0 unspecified atom stereocenters. The van der Waals surface area contributed by atoms with Gasteiger partial charge in [-0.3, -0.25) is 4.79 Å². The number of rotatable bonds is 4. The Bertz CT molecular complexity index is 1400. The molecule has 0 saturated carbocycles. The predicted molar refractivity (Wildman–Crippen MR) is 148 cm³/mol. The number of anilines is 1. The van der Waals surface area contributed by atoms with E-state index in [0.717, 1.165) is 54.1 Å². The Kier molecular flexibility index (Phi) is 6.81. The highest BCUT2D eigenvalue weighted by Crippen LogP contribution is 2.36. The number of hydrogen-bond acceptors (Lipinski definition) is 6. The van der Waals surface area contributed by atoms with Gasteiger partial charge in [0.05, 0.1) is 36.4 Å². The number of amides is 1. The molecule has 0 spiro atoms. The number of benzene rings is 1. The summed E-state index contributed by atoms with van der Waals surface area (Å²) in [6, 6.07) is 10.3. The van der Waals surface area contributed by atoms with Gasteiger partial charge in [0.15, 0.2) is 5.65 Å². The smallest absolute Gasteiger partial charge is 0.258 e. The van der Waals surface area contributed by atoms with Crippen LogP contribution in [-0.2, 0) is 5.41 Å². The summed E-state index contributed by atoms with van der Waals surface area (Å²) in [4.78, 5) is 23.1. The summed E-state index contributed by atoms with van der Waals surface area (Å²) in [5, 5.41) is 14.4. The normalized spacial score (nSPS) is 22.1. The third-order valence-electron chi connectivity index (χ3n) is 8.10. The molecule has 0 aliphatic carbocycles. The van der Waals surface area contributed by atoms with Gasteiger partial charge in [-0.25, -0.2) is 9.50 Å². The van der Waals surface area contributed by atoms with Crippen molar-refractivity contribution in [3.05, 3.63) is 52.8 Å². The fourth-order valence-electron chi connectivity index (χ4n) is 5.79. The maximum Gasteiger partial charge on any atom is 0.258 e. The van der Waals surface area contributed by atoms with Crippen molar-refractivity contribution in [3.63, 3.8) is 0 Å². The standard InChI is InChI=1S/C30H38N6O2/c1-19-16-34(18-21(19)15-31)28-20(2)17-36-27(32-28)14-24(33-36)25-9-7-8-12-35(25)29(37)23-13-22(30(3,4)5)10-11-26(23)38-6/h10-11,13-14,17,19,21,25H,7-9,12,16,18H2,1-6H3/t19-,21+,25-/m0/s1.